The van der Waals surface area contributed by atoms with Crippen molar-refractivity contribution in [1.82, 2.24) is 15.2 Å². The quantitative estimate of drug-likeness (QED) is 0.139. The van der Waals surface area contributed by atoms with Gasteiger partial charge in [-0.2, -0.15) is 0 Å². The average molecular weight is 681 g/mol. The molecule has 12 heteroatoms. The van der Waals surface area contributed by atoms with Crippen LogP contribution < -0.4 is 5.32 Å². The van der Waals surface area contributed by atoms with E-state index in [0.29, 0.717) is 27.7 Å². The average Bonchev–Trinajstić information content (AvgIpc) is 3.50. The Hall–Kier alpha value is -2.68. The number of thioether (sulfide) groups is 1. The Morgan fingerprint density at radius 3 is 2.18 bits per heavy atom. The second kappa shape index (κ2) is 15.3. The number of carboxylic acids is 1. The molecule has 0 saturated carbocycles. The van der Waals surface area contributed by atoms with Gasteiger partial charge in [-0.05, 0) is 28.9 Å². The second-order valence-electron chi connectivity index (χ2n) is 10.3. The third-order valence-electron chi connectivity index (χ3n) is 7.26. The number of fused-ring (bicyclic) bond motifs is 1. The van der Waals surface area contributed by atoms with Crippen molar-refractivity contribution in [3.8, 4) is 0 Å². The second-order valence-corrected chi connectivity index (χ2v) is 12.6. The van der Waals surface area contributed by atoms with Crippen LogP contribution in [0.25, 0.3) is 5.57 Å². The molecule has 3 aromatic carbocycles. The number of hydrogen-bond acceptors (Lipinski definition) is 8. The number of aliphatic carboxylic acids is 1. The van der Waals surface area contributed by atoms with E-state index in [1.165, 1.54) is 23.1 Å². The molecular formula is C33H27KN3O5S3. The standard InChI is InChI=1S/C33H27N3O5S3.K/c37-25(16-20-10-4-1-5-11-20)35-27-31(40)36-28(24(19-44-32(27)36)30-34-23(18-43-30)17-26(38)39)33(42)41-29(21-12-6-2-7-13-21)22-14-8-3-9-15-22;/h1-15,18,27,29,32H,16-17,19H2,(H,35,37)(H,38,39);/t27-,32-;/m1./s1. The van der Waals surface area contributed by atoms with Gasteiger partial charge in [-0.3, -0.25) is 19.3 Å². The molecule has 8 nitrogen and oxygen atoms in total. The molecule has 2 N–H and O–H groups in total. The summed E-state index contributed by atoms with van der Waals surface area (Å²) in [6, 6.07) is 28.1. The normalized spacial score (nSPS) is 17.2. The molecule has 0 spiro atoms. The number of carbonyl (C=O) groups is 3. The summed E-state index contributed by atoms with van der Waals surface area (Å²) < 4.78 is 6.55. The molecule has 2 aliphatic heterocycles. The van der Waals surface area contributed by atoms with Crippen LogP contribution in [0.2, 0.25) is 0 Å². The smallest absolute Gasteiger partial charge is 0.309 e. The fourth-order valence-electron chi connectivity index (χ4n) is 5.21. The number of thiocarbonyl (C=S) groups is 1. The van der Waals surface area contributed by atoms with E-state index in [9.17, 15) is 19.5 Å². The van der Waals surface area contributed by atoms with E-state index >= 15 is 0 Å². The Kier molecular flexibility index (Phi) is 11.4. The molecule has 0 aliphatic carbocycles. The minimum atomic E-state index is -0.978. The summed E-state index contributed by atoms with van der Waals surface area (Å²) >= 11 is 8.75. The summed E-state index contributed by atoms with van der Waals surface area (Å²) in [5.74, 6) is -1.06. The number of aromatic nitrogens is 1. The number of amides is 2. The number of thiazole rings is 1. The fourth-order valence-corrected chi connectivity index (χ4v) is 7.83. The molecule has 45 heavy (non-hydrogen) atoms. The molecular weight excluding hydrogens is 654 g/mol. The van der Waals surface area contributed by atoms with Crippen LogP contribution in [-0.2, 0) is 32.0 Å². The molecule has 2 amide bonds. The molecule has 0 unspecified atom stereocenters. The van der Waals surface area contributed by atoms with E-state index in [1.807, 2.05) is 91.0 Å². The Morgan fingerprint density at radius 1 is 0.978 bits per heavy atom. The molecule has 1 saturated heterocycles. The van der Waals surface area contributed by atoms with Crippen LogP contribution >= 0.6 is 35.3 Å². The number of carboxylic acid groups (broad SMARTS) is 1. The van der Waals surface area contributed by atoms with Crippen LogP contribution in [0.5, 0.6) is 0 Å². The fraction of sp³-hybridized carbons (Fsp3) is 0.182. The van der Waals surface area contributed by atoms with Crippen LogP contribution in [0.1, 0.15) is 33.5 Å². The third kappa shape index (κ3) is 7.66. The summed E-state index contributed by atoms with van der Waals surface area (Å²) in [6.45, 7) is 0. The van der Waals surface area contributed by atoms with Crippen molar-refractivity contribution in [2.24, 2.45) is 0 Å². The Bertz CT molecular complexity index is 1690. The Balaban J connectivity index is 0.00000400. The van der Waals surface area contributed by atoms with Crippen LogP contribution in [0.15, 0.2) is 102 Å². The molecule has 6 rings (SSSR count). The first-order valence-electron chi connectivity index (χ1n) is 13.9. The molecule has 1 fully saturated rings. The summed E-state index contributed by atoms with van der Waals surface area (Å²) in [7, 11) is 0. The zero-order valence-corrected chi connectivity index (χ0v) is 29.9. The van der Waals surface area contributed by atoms with Gasteiger partial charge in [0.2, 0.25) is 11.0 Å². The molecule has 3 heterocycles. The van der Waals surface area contributed by atoms with Gasteiger partial charge < -0.3 is 15.2 Å². The van der Waals surface area contributed by atoms with Gasteiger partial charge in [-0.25, -0.2) is 4.98 Å². The van der Waals surface area contributed by atoms with Crippen LogP contribution in [0, 0.1) is 0 Å². The summed E-state index contributed by atoms with van der Waals surface area (Å²) in [4.78, 5) is 44.1. The number of carbonyl (C=O) groups excluding carboxylic acids is 2. The third-order valence-corrected chi connectivity index (χ3v) is 9.78. The Labute approximate surface area is 316 Å². The molecule has 0 bridgehead atoms. The summed E-state index contributed by atoms with van der Waals surface area (Å²) in [5, 5.41) is 14.2. The summed E-state index contributed by atoms with van der Waals surface area (Å²) in [5.41, 5.74) is 4.19. The summed E-state index contributed by atoms with van der Waals surface area (Å²) in [6.07, 6.45) is -0.583. The van der Waals surface area contributed by atoms with E-state index in [0.717, 1.165) is 16.7 Å². The van der Waals surface area contributed by atoms with Crippen LogP contribution in [0.4, 0.5) is 0 Å². The van der Waals surface area contributed by atoms with E-state index in [-0.39, 0.29) is 86.5 Å². The van der Waals surface area contributed by atoms with Gasteiger partial charge in [0, 0.05) is 68.1 Å². The van der Waals surface area contributed by atoms with Crippen molar-refractivity contribution in [3.63, 3.8) is 0 Å². The van der Waals surface area contributed by atoms with Crippen LogP contribution in [-0.4, -0.2) is 106 Å². The first-order valence-corrected chi connectivity index (χ1v) is 16.2. The van der Waals surface area contributed by atoms with Crippen molar-refractivity contribution >= 4 is 115 Å². The number of nitrogens with zero attached hydrogens (tertiary/aromatic N) is 2. The van der Waals surface area contributed by atoms with E-state index in [2.05, 4.69) is 10.3 Å². The van der Waals surface area contributed by atoms with Gasteiger partial charge in [0.1, 0.15) is 28.2 Å². The minimum absolute atomic E-state index is 0. The number of β-lactam (4-membered cyclic amide) rings is 1. The predicted molar refractivity (Wildman–Crippen MR) is 180 cm³/mol. The van der Waals surface area contributed by atoms with Crippen molar-refractivity contribution in [2.45, 2.75) is 30.4 Å². The maximum Gasteiger partial charge on any atom is 0.309 e. The maximum atomic E-state index is 13.7. The number of hydrogen-bond donors (Lipinski definition) is 2. The molecule has 1 radical (unpaired) electrons. The van der Waals surface area contributed by atoms with Crippen molar-refractivity contribution < 1.29 is 24.2 Å². The largest absolute Gasteiger partial charge is 0.481 e. The molecule has 4 aromatic rings. The van der Waals surface area contributed by atoms with Gasteiger partial charge in [-0.1, -0.05) is 91.0 Å². The predicted octanol–water partition coefficient (Wildman–Crippen LogP) is 4.88. The molecule has 223 valence electrons. The van der Waals surface area contributed by atoms with E-state index < -0.39 is 18.1 Å². The monoisotopic (exact) mass is 680 g/mol. The number of benzene rings is 3. The minimum Gasteiger partial charge on any atom is -0.481 e. The topological polar surface area (TPSA) is 109 Å². The number of nitrogens with one attached hydrogen (secondary N) is 1. The number of ether oxygens (including phenoxy) is 1. The van der Waals surface area contributed by atoms with Crippen molar-refractivity contribution in [3.05, 3.63) is 129 Å². The molecule has 2 aliphatic rings. The van der Waals surface area contributed by atoms with Crippen molar-refractivity contribution in [2.75, 3.05) is 5.75 Å². The van der Waals surface area contributed by atoms with Crippen LogP contribution in [0.3, 0.4) is 0 Å². The van der Waals surface area contributed by atoms with Gasteiger partial charge in [0.25, 0.3) is 5.91 Å². The van der Waals surface area contributed by atoms with Gasteiger partial charge in [-0.15, -0.1) is 23.1 Å². The van der Waals surface area contributed by atoms with Crippen molar-refractivity contribution in [1.29, 1.82) is 0 Å². The molecule has 2 atom stereocenters. The zero-order chi connectivity index (χ0) is 30.6. The molecule has 1 aromatic heterocycles. The first kappa shape index (κ1) is 33.7. The van der Waals surface area contributed by atoms with Gasteiger partial charge in [0.15, 0.2) is 0 Å². The zero-order valence-electron chi connectivity index (χ0n) is 24.3. The van der Waals surface area contributed by atoms with Gasteiger partial charge >= 0.3 is 5.97 Å². The Morgan fingerprint density at radius 2 is 1.58 bits per heavy atom. The van der Waals surface area contributed by atoms with Gasteiger partial charge in [0.05, 0.1) is 18.5 Å². The van der Waals surface area contributed by atoms with E-state index in [4.69, 9.17) is 17.0 Å². The van der Waals surface area contributed by atoms with E-state index in [1.54, 1.807) is 10.3 Å². The first-order chi connectivity index (χ1) is 21.4. The number of rotatable bonds is 10. The maximum absolute atomic E-state index is 13.7. The SMILES string of the molecule is O=C(O)Cc1csc(C2=C(C(=S)OC(c3ccccc3)c3ccccc3)N3C(=O)[C@@H](NC(=O)Cc4ccccc4)[C@H]3SC2)n1.[K].